The molecular weight excluding hydrogens is 412 g/mol. The molecule has 0 fully saturated rings. The number of aliphatic carboxylic acids is 1. The molecule has 0 aromatic heterocycles. The maximum atomic E-state index is 12.8. The molecule has 0 aromatic carbocycles. The molecule has 3 atom stereocenters. The van der Waals surface area contributed by atoms with Crippen molar-refractivity contribution >= 4 is 29.8 Å². The molecule has 0 aliphatic heterocycles. The van der Waals surface area contributed by atoms with Gasteiger partial charge in [-0.25, -0.2) is 9.59 Å². The fourth-order valence-corrected chi connectivity index (χ4v) is 2.44. The number of ether oxygens (including phenoxy) is 1. The third-order valence-corrected chi connectivity index (χ3v) is 3.82. The number of nitrogens with one attached hydrogen (secondary N) is 3. The Balaban J connectivity index is 5.44. The number of carbonyl (C=O) groups is 5. The SMILES string of the molecule is CC(C)C[C@H](NC(=O)OC(C)(C)C)C(=O)N[C@H](CCC(N)=O)C(=O)N[C@@H](CO)C(=O)O. The molecule has 0 saturated carbocycles. The Morgan fingerprint density at radius 2 is 1.45 bits per heavy atom. The summed E-state index contributed by atoms with van der Waals surface area (Å²) in [6, 6.07) is -3.96. The number of alkyl carbamates (subject to hydrolysis) is 1. The van der Waals surface area contributed by atoms with Crippen LogP contribution in [0.1, 0.15) is 53.9 Å². The van der Waals surface area contributed by atoms with Crippen LogP contribution in [0.5, 0.6) is 0 Å². The smallest absolute Gasteiger partial charge is 0.408 e. The summed E-state index contributed by atoms with van der Waals surface area (Å²) in [6.45, 7) is 7.77. The second-order valence-corrected chi connectivity index (χ2v) is 8.48. The van der Waals surface area contributed by atoms with Gasteiger partial charge in [-0.1, -0.05) is 13.8 Å². The first kappa shape index (κ1) is 28.1. The molecule has 0 spiro atoms. The van der Waals surface area contributed by atoms with Crippen molar-refractivity contribution in [1.29, 1.82) is 0 Å². The van der Waals surface area contributed by atoms with E-state index in [9.17, 15) is 24.0 Å². The minimum absolute atomic E-state index is 0.00522. The number of amides is 4. The molecule has 0 aliphatic rings. The average Bonchev–Trinajstić information content (AvgIpc) is 2.59. The van der Waals surface area contributed by atoms with Crippen molar-refractivity contribution in [2.75, 3.05) is 6.61 Å². The van der Waals surface area contributed by atoms with E-state index in [4.69, 9.17) is 20.7 Å². The van der Waals surface area contributed by atoms with Gasteiger partial charge in [0.2, 0.25) is 17.7 Å². The summed E-state index contributed by atoms with van der Waals surface area (Å²) in [4.78, 5) is 59.5. The van der Waals surface area contributed by atoms with Gasteiger partial charge in [-0.2, -0.15) is 0 Å². The van der Waals surface area contributed by atoms with Crippen LogP contribution in [0.15, 0.2) is 0 Å². The van der Waals surface area contributed by atoms with Crippen LogP contribution in [0.3, 0.4) is 0 Å². The first-order chi connectivity index (χ1) is 14.2. The van der Waals surface area contributed by atoms with Gasteiger partial charge in [0.15, 0.2) is 0 Å². The highest BCUT2D eigenvalue weighted by molar-refractivity contribution is 5.93. The topological polar surface area (TPSA) is 197 Å². The average molecular weight is 447 g/mol. The highest BCUT2D eigenvalue weighted by atomic mass is 16.6. The van der Waals surface area contributed by atoms with Gasteiger partial charge in [-0.05, 0) is 39.5 Å². The van der Waals surface area contributed by atoms with Crippen molar-refractivity contribution in [2.24, 2.45) is 11.7 Å². The Morgan fingerprint density at radius 3 is 1.87 bits per heavy atom. The summed E-state index contributed by atoms with van der Waals surface area (Å²) in [6.07, 6.45) is -1.06. The lowest BCUT2D eigenvalue weighted by Gasteiger charge is -2.26. The van der Waals surface area contributed by atoms with Crippen molar-refractivity contribution in [3.63, 3.8) is 0 Å². The van der Waals surface area contributed by atoms with Crippen LogP contribution in [0.4, 0.5) is 4.79 Å². The van der Waals surface area contributed by atoms with Crippen LogP contribution in [-0.2, 0) is 23.9 Å². The van der Waals surface area contributed by atoms with Gasteiger partial charge in [0.05, 0.1) is 6.61 Å². The lowest BCUT2D eigenvalue weighted by Crippen LogP contribution is -2.56. The lowest BCUT2D eigenvalue weighted by molar-refractivity contribution is -0.143. The predicted octanol–water partition coefficient (Wildman–Crippen LogP) is -0.762. The molecule has 4 amide bonds. The Hall–Kier alpha value is -2.89. The molecular formula is C19H34N4O8. The number of carboxylic acid groups (broad SMARTS) is 1. The van der Waals surface area contributed by atoms with Crippen molar-refractivity contribution in [1.82, 2.24) is 16.0 Å². The molecule has 0 aromatic rings. The second kappa shape index (κ2) is 12.7. The molecule has 12 heteroatoms. The van der Waals surface area contributed by atoms with E-state index in [1.54, 1.807) is 20.8 Å². The molecule has 31 heavy (non-hydrogen) atoms. The number of carboxylic acids is 1. The first-order valence-electron chi connectivity index (χ1n) is 9.88. The van der Waals surface area contributed by atoms with Crippen LogP contribution in [-0.4, -0.2) is 70.3 Å². The fraction of sp³-hybridized carbons (Fsp3) is 0.737. The zero-order chi connectivity index (χ0) is 24.4. The van der Waals surface area contributed by atoms with Crippen LogP contribution < -0.4 is 21.7 Å². The molecule has 0 bridgehead atoms. The molecule has 12 nitrogen and oxygen atoms in total. The van der Waals surface area contributed by atoms with Crippen LogP contribution >= 0.6 is 0 Å². The number of carbonyl (C=O) groups excluding carboxylic acids is 4. The highest BCUT2D eigenvalue weighted by Crippen LogP contribution is 2.10. The maximum Gasteiger partial charge on any atom is 0.408 e. The van der Waals surface area contributed by atoms with Crippen molar-refractivity contribution in [3.8, 4) is 0 Å². The van der Waals surface area contributed by atoms with Crippen molar-refractivity contribution in [3.05, 3.63) is 0 Å². The zero-order valence-corrected chi connectivity index (χ0v) is 18.6. The Bertz CT molecular complexity index is 660. The normalized spacial score (nSPS) is 14.2. The van der Waals surface area contributed by atoms with Gasteiger partial charge in [-0.15, -0.1) is 0 Å². The maximum absolute atomic E-state index is 12.8. The zero-order valence-electron chi connectivity index (χ0n) is 18.6. The van der Waals surface area contributed by atoms with Gasteiger partial charge in [0, 0.05) is 6.42 Å². The van der Waals surface area contributed by atoms with E-state index >= 15 is 0 Å². The van der Waals surface area contributed by atoms with Crippen LogP contribution in [0.25, 0.3) is 0 Å². The number of nitrogens with two attached hydrogens (primary N) is 1. The van der Waals surface area contributed by atoms with E-state index in [0.29, 0.717) is 0 Å². The second-order valence-electron chi connectivity index (χ2n) is 8.48. The minimum atomic E-state index is -1.59. The summed E-state index contributed by atoms with van der Waals surface area (Å²) >= 11 is 0. The van der Waals surface area contributed by atoms with Crippen molar-refractivity contribution in [2.45, 2.75) is 77.6 Å². The van der Waals surface area contributed by atoms with E-state index in [1.165, 1.54) is 0 Å². The van der Waals surface area contributed by atoms with Gasteiger partial charge in [0.25, 0.3) is 0 Å². The number of primary amides is 1. The van der Waals surface area contributed by atoms with E-state index in [-0.39, 0.29) is 25.2 Å². The molecule has 0 aliphatic carbocycles. The molecule has 7 N–H and O–H groups in total. The molecule has 0 radical (unpaired) electrons. The van der Waals surface area contributed by atoms with E-state index in [0.717, 1.165) is 0 Å². The first-order valence-corrected chi connectivity index (χ1v) is 9.88. The summed E-state index contributed by atoms with van der Waals surface area (Å²) in [5.74, 6) is -3.85. The molecule has 0 unspecified atom stereocenters. The van der Waals surface area contributed by atoms with Gasteiger partial charge in [0.1, 0.15) is 23.7 Å². The molecule has 0 saturated heterocycles. The van der Waals surface area contributed by atoms with Crippen LogP contribution in [0.2, 0.25) is 0 Å². The molecule has 0 rings (SSSR count). The Labute approximate surface area is 181 Å². The van der Waals surface area contributed by atoms with Gasteiger partial charge >= 0.3 is 12.1 Å². The minimum Gasteiger partial charge on any atom is -0.480 e. The fourth-order valence-electron chi connectivity index (χ4n) is 2.44. The number of aliphatic hydroxyl groups excluding tert-OH is 1. The van der Waals surface area contributed by atoms with Crippen molar-refractivity contribution < 1.29 is 38.9 Å². The number of hydrogen-bond acceptors (Lipinski definition) is 7. The molecule has 0 heterocycles. The van der Waals surface area contributed by atoms with E-state index in [1.807, 2.05) is 13.8 Å². The standard InChI is InChI=1S/C19H34N4O8/c1-10(2)8-12(23-18(30)31-19(3,4)5)16(27)21-11(6-7-14(20)25)15(26)22-13(9-24)17(28)29/h10-13,24H,6-9H2,1-5H3,(H2,20,25)(H,21,27)(H,22,26)(H,23,30)(H,28,29)/t11-,12+,13+/m1/s1. The Morgan fingerprint density at radius 1 is 0.935 bits per heavy atom. The number of aliphatic hydroxyl groups is 1. The van der Waals surface area contributed by atoms with Gasteiger partial charge in [-0.3, -0.25) is 14.4 Å². The highest BCUT2D eigenvalue weighted by Gasteiger charge is 2.30. The van der Waals surface area contributed by atoms with Gasteiger partial charge < -0.3 is 36.6 Å². The number of hydrogen-bond donors (Lipinski definition) is 6. The van der Waals surface area contributed by atoms with Crippen LogP contribution in [0, 0.1) is 5.92 Å². The predicted molar refractivity (Wildman–Crippen MR) is 110 cm³/mol. The summed E-state index contributed by atoms with van der Waals surface area (Å²) in [5, 5.41) is 25.0. The summed E-state index contributed by atoms with van der Waals surface area (Å²) in [5.41, 5.74) is 4.32. The lowest BCUT2D eigenvalue weighted by atomic mass is 10.0. The summed E-state index contributed by atoms with van der Waals surface area (Å²) < 4.78 is 5.16. The summed E-state index contributed by atoms with van der Waals surface area (Å²) in [7, 11) is 0. The monoisotopic (exact) mass is 446 g/mol. The molecule has 178 valence electrons. The largest absolute Gasteiger partial charge is 0.480 e. The third kappa shape index (κ3) is 12.4. The number of rotatable bonds is 12. The third-order valence-electron chi connectivity index (χ3n) is 3.82. The van der Waals surface area contributed by atoms with E-state index < -0.39 is 60.1 Å². The van der Waals surface area contributed by atoms with E-state index in [2.05, 4.69) is 16.0 Å². The Kier molecular flexibility index (Phi) is 11.5. The quantitative estimate of drug-likeness (QED) is 0.225.